The number of amides is 1. The molecular weight excluding hydrogens is 444 g/mol. The van der Waals surface area contributed by atoms with Gasteiger partial charge >= 0.3 is 0 Å². The van der Waals surface area contributed by atoms with Gasteiger partial charge in [-0.15, -0.1) is 0 Å². The predicted molar refractivity (Wildman–Crippen MR) is 138 cm³/mol. The fraction of sp³-hybridized carbons (Fsp3) is 0.759. The molecule has 0 saturated heterocycles. The average molecular weight is 487 g/mol. The van der Waals surface area contributed by atoms with E-state index in [1.807, 2.05) is 12.1 Å². The monoisotopic (exact) mass is 486 g/mol. The van der Waals surface area contributed by atoms with Gasteiger partial charge in [-0.2, -0.15) is 0 Å². The number of hydrogen-bond donors (Lipinski definition) is 2. The molecule has 5 fully saturated rings. The van der Waals surface area contributed by atoms with Crippen molar-refractivity contribution in [2.24, 2.45) is 23.2 Å². The number of aliphatic hydroxyl groups excluding tert-OH is 1. The van der Waals surface area contributed by atoms with E-state index in [2.05, 4.69) is 16.3 Å². The lowest BCUT2D eigenvalue weighted by molar-refractivity contribution is -0.0503. The van der Waals surface area contributed by atoms with Crippen LogP contribution in [0, 0.1) is 23.2 Å². The van der Waals surface area contributed by atoms with Crippen molar-refractivity contribution in [3.63, 3.8) is 0 Å². The van der Waals surface area contributed by atoms with Crippen molar-refractivity contribution in [2.45, 2.75) is 89.5 Å². The van der Waals surface area contributed by atoms with Crippen molar-refractivity contribution < 1.29 is 9.90 Å². The van der Waals surface area contributed by atoms with E-state index in [9.17, 15) is 9.90 Å². The maximum absolute atomic E-state index is 13.2. The molecule has 34 heavy (non-hydrogen) atoms. The third-order valence-corrected chi connectivity index (χ3v) is 9.78. The van der Waals surface area contributed by atoms with E-state index in [-0.39, 0.29) is 12.5 Å². The largest absolute Gasteiger partial charge is 0.395 e. The summed E-state index contributed by atoms with van der Waals surface area (Å²) in [5, 5.41) is 13.4. The highest BCUT2D eigenvalue weighted by Crippen LogP contribution is 2.59. The maximum Gasteiger partial charge on any atom is 0.252 e. The molecule has 0 atom stereocenters. The lowest BCUT2D eigenvalue weighted by Crippen LogP contribution is -2.51. The number of halogens is 1. The Labute approximate surface area is 210 Å². The summed E-state index contributed by atoms with van der Waals surface area (Å²) in [7, 11) is 0. The number of hydrogen-bond acceptors (Lipinski definition) is 3. The molecule has 1 aromatic rings. The van der Waals surface area contributed by atoms with Crippen LogP contribution in [0.2, 0.25) is 5.02 Å². The number of carbonyl (C=O) groups is 1. The van der Waals surface area contributed by atoms with E-state index in [0.29, 0.717) is 22.0 Å². The van der Waals surface area contributed by atoms with Crippen molar-refractivity contribution in [1.82, 2.24) is 10.2 Å². The van der Waals surface area contributed by atoms with E-state index in [0.717, 1.165) is 50.2 Å². The predicted octanol–water partition coefficient (Wildman–Crippen LogP) is 5.85. The Kier molecular flexibility index (Phi) is 7.87. The quantitative estimate of drug-likeness (QED) is 0.436. The van der Waals surface area contributed by atoms with E-state index >= 15 is 0 Å². The van der Waals surface area contributed by atoms with Crippen LogP contribution in [0.4, 0.5) is 0 Å². The molecule has 0 spiro atoms. The van der Waals surface area contributed by atoms with Crippen molar-refractivity contribution in [2.75, 3.05) is 26.2 Å². The summed E-state index contributed by atoms with van der Waals surface area (Å²) in [6, 6.07) is 6.59. The first-order chi connectivity index (χ1) is 16.5. The molecule has 4 bridgehead atoms. The molecule has 1 aromatic carbocycles. The average Bonchev–Trinajstić information content (AvgIpc) is 2.83. The first-order valence-corrected chi connectivity index (χ1v) is 14.3. The van der Waals surface area contributed by atoms with Crippen LogP contribution in [-0.2, 0) is 6.42 Å². The molecular formula is C29H43ClN2O2. The summed E-state index contributed by atoms with van der Waals surface area (Å²) in [5.41, 5.74) is 2.14. The van der Waals surface area contributed by atoms with Crippen LogP contribution >= 0.6 is 11.6 Å². The molecule has 2 N–H and O–H groups in total. The van der Waals surface area contributed by atoms with Crippen LogP contribution in [0.15, 0.2) is 18.2 Å². The summed E-state index contributed by atoms with van der Waals surface area (Å²) < 4.78 is 0. The van der Waals surface area contributed by atoms with Gasteiger partial charge in [-0.1, -0.05) is 36.9 Å². The molecule has 6 rings (SSSR count). The smallest absolute Gasteiger partial charge is 0.252 e. The molecule has 0 aromatic heterocycles. The Balaban J connectivity index is 1.15. The fourth-order valence-electron chi connectivity index (χ4n) is 8.31. The zero-order valence-corrected chi connectivity index (χ0v) is 21.5. The van der Waals surface area contributed by atoms with Crippen LogP contribution in [0.5, 0.6) is 0 Å². The van der Waals surface area contributed by atoms with Gasteiger partial charge in [-0.25, -0.2) is 0 Å². The Morgan fingerprint density at radius 3 is 2.35 bits per heavy atom. The summed E-state index contributed by atoms with van der Waals surface area (Å²) >= 11 is 6.48. The lowest BCUT2D eigenvalue weighted by Gasteiger charge is -2.56. The Morgan fingerprint density at radius 1 is 1.03 bits per heavy atom. The number of aliphatic hydroxyl groups is 1. The maximum atomic E-state index is 13.2. The Bertz CT molecular complexity index is 815. The van der Waals surface area contributed by atoms with Crippen LogP contribution in [0.25, 0.3) is 0 Å². The van der Waals surface area contributed by atoms with Crippen molar-refractivity contribution in [3.05, 3.63) is 34.3 Å². The number of nitrogens with zero attached hydrogens (tertiary/aromatic N) is 1. The van der Waals surface area contributed by atoms with Gasteiger partial charge in [0.25, 0.3) is 5.91 Å². The number of benzene rings is 1. The van der Waals surface area contributed by atoms with Crippen LogP contribution in [0.3, 0.4) is 0 Å². The van der Waals surface area contributed by atoms with Crippen LogP contribution in [-0.4, -0.2) is 48.2 Å². The molecule has 5 aliphatic carbocycles. The fourth-order valence-corrected chi connectivity index (χ4v) is 8.51. The van der Waals surface area contributed by atoms with E-state index in [4.69, 9.17) is 11.6 Å². The number of carbonyl (C=O) groups excluding carboxylic acids is 1. The van der Waals surface area contributed by atoms with Gasteiger partial charge in [-0.3, -0.25) is 9.69 Å². The minimum atomic E-state index is -0.00768. The number of aryl methyl sites for hydroxylation is 1. The van der Waals surface area contributed by atoms with Gasteiger partial charge < -0.3 is 10.4 Å². The molecule has 0 radical (unpaired) electrons. The molecule has 5 saturated carbocycles. The van der Waals surface area contributed by atoms with Gasteiger partial charge in [-0.05, 0) is 112 Å². The third kappa shape index (κ3) is 5.65. The molecule has 5 heteroatoms. The molecule has 0 unspecified atom stereocenters. The minimum absolute atomic E-state index is 0.00768. The van der Waals surface area contributed by atoms with Crippen molar-refractivity contribution >= 4 is 17.5 Å². The Morgan fingerprint density at radius 2 is 1.71 bits per heavy atom. The highest BCUT2D eigenvalue weighted by atomic mass is 35.5. The summed E-state index contributed by atoms with van der Waals surface area (Å²) in [4.78, 5) is 15.6. The van der Waals surface area contributed by atoms with E-state index in [1.54, 1.807) is 0 Å². The summed E-state index contributed by atoms with van der Waals surface area (Å²) in [6.45, 7) is 2.81. The standard InChI is InChI=1S/C29H43ClN2O2/c30-27-9-8-21(5-4-10-32(11-12-33)25-6-2-1-3-7-25)16-26(27)28(34)31-20-29-17-22-13-23(18-29)15-24(14-22)19-29/h8-9,16,22-25,33H,1-7,10-15,17-20H2,(H,31,34). The van der Waals surface area contributed by atoms with Gasteiger partial charge in [0, 0.05) is 19.1 Å². The lowest BCUT2D eigenvalue weighted by atomic mass is 9.49. The first-order valence-electron chi connectivity index (χ1n) is 14.0. The van der Waals surface area contributed by atoms with Crippen LogP contribution < -0.4 is 5.32 Å². The minimum Gasteiger partial charge on any atom is -0.395 e. The van der Waals surface area contributed by atoms with Gasteiger partial charge in [0.05, 0.1) is 17.2 Å². The SMILES string of the molecule is O=C(NCC12CC3CC(CC(C3)C1)C2)c1cc(CCCN(CCO)C2CCCCC2)ccc1Cl. The van der Waals surface area contributed by atoms with E-state index in [1.165, 1.54) is 76.2 Å². The molecule has 1 amide bonds. The molecule has 5 aliphatic rings. The third-order valence-electron chi connectivity index (χ3n) is 9.45. The first kappa shape index (κ1) is 24.6. The normalized spacial score (nSPS) is 30.7. The zero-order chi connectivity index (χ0) is 23.5. The summed E-state index contributed by atoms with van der Waals surface area (Å²) in [6.07, 6.45) is 16.7. The highest BCUT2D eigenvalue weighted by molar-refractivity contribution is 6.33. The second-order valence-corrected chi connectivity index (χ2v) is 12.5. The second kappa shape index (κ2) is 10.9. The van der Waals surface area contributed by atoms with Crippen molar-refractivity contribution in [3.8, 4) is 0 Å². The van der Waals surface area contributed by atoms with Gasteiger partial charge in [0.15, 0.2) is 0 Å². The molecule has 0 heterocycles. The van der Waals surface area contributed by atoms with E-state index < -0.39 is 0 Å². The number of nitrogens with one attached hydrogen (secondary N) is 1. The van der Waals surface area contributed by atoms with Crippen LogP contribution in [0.1, 0.15) is 93.0 Å². The molecule has 4 nitrogen and oxygen atoms in total. The second-order valence-electron chi connectivity index (χ2n) is 12.1. The number of rotatable bonds is 10. The van der Waals surface area contributed by atoms with Gasteiger partial charge in [0.1, 0.15) is 0 Å². The Hall–Kier alpha value is -1.10. The molecule has 188 valence electrons. The zero-order valence-electron chi connectivity index (χ0n) is 20.7. The topological polar surface area (TPSA) is 52.6 Å². The van der Waals surface area contributed by atoms with Crippen molar-refractivity contribution in [1.29, 1.82) is 0 Å². The molecule has 0 aliphatic heterocycles. The van der Waals surface area contributed by atoms with Gasteiger partial charge in [0.2, 0.25) is 0 Å². The highest BCUT2D eigenvalue weighted by Gasteiger charge is 2.50. The summed E-state index contributed by atoms with van der Waals surface area (Å²) in [5.74, 6) is 2.68.